The number of aryl methyl sites for hydroxylation is 1. The number of sulfonamides is 1. The molecule has 0 unspecified atom stereocenters. The molecule has 0 heterocycles. The molecule has 0 radical (unpaired) electrons. The van der Waals surface area contributed by atoms with Gasteiger partial charge in [0.15, 0.2) is 18.1 Å². The van der Waals surface area contributed by atoms with Gasteiger partial charge in [0.05, 0.1) is 31.8 Å². The van der Waals surface area contributed by atoms with Gasteiger partial charge in [-0.25, -0.2) is 17.5 Å². The number of nitrogens with one attached hydrogen (secondary N) is 1. The van der Waals surface area contributed by atoms with Gasteiger partial charge >= 0.3 is 5.97 Å². The Morgan fingerprint density at radius 1 is 0.969 bits per heavy atom. The third-order valence-corrected chi connectivity index (χ3v) is 6.42. The minimum absolute atomic E-state index is 0.0646. The van der Waals surface area contributed by atoms with Crippen LogP contribution in [-0.2, 0) is 19.6 Å². The number of benzene rings is 2. The molecule has 2 rings (SSSR count). The molecule has 0 spiro atoms. The molecule has 2 aromatic rings. The maximum absolute atomic E-state index is 12.4. The van der Waals surface area contributed by atoms with E-state index in [0.29, 0.717) is 11.3 Å². The molecular weight excluding hydrogens is 440 g/mol. The van der Waals surface area contributed by atoms with E-state index in [-0.39, 0.29) is 27.6 Å². The minimum atomic E-state index is -3.68. The Kier molecular flexibility index (Phi) is 8.06. The molecule has 32 heavy (non-hydrogen) atoms. The number of hydrogen-bond donors (Lipinski definition) is 1. The van der Waals surface area contributed by atoms with Crippen LogP contribution in [0.25, 0.3) is 0 Å². The van der Waals surface area contributed by atoms with Crippen LogP contribution in [0.5, 0.6) is 17.2 Å². The van der Waals surface area contributed by atoms with Gasteiger partial charge in [-0.15, -0.1) is 0 Å². The lowest BCUT2D eigenvalue weighted by Gasteiger charge is -2.15. The van der Waals surface area contributed by atoms with E-state index in [2.05, 4.69) is 5.32 Å². The van der Waals surface area contributed by atoms with Crippen molar-refractivity contribution in [3.8, 4) is 17.2 Å². The summed E-state index contributed by atoms with van der Waals surface area (Å²) in [6.07, 6.45) is 0. The first kappa shape index (κ1) is 25.0. The van der Waals surface area contributed by atoms with E-state index in [4.69, 9.17) is 18.9 Å². The standard InChI is InChI=1S/C21H26N2O8S/c1-13-7-8-15(11-18(13)32(26,27)23(2)3)22-19(24)12-31-21(25)14-9-16(28-4)20(30-6)17(10-14)29-5/h7-11H,12H2,1-6H3,(H,22,24). The number of amides is 1. The first-order valence-electron chi connectivity index (χ1n) is 9.35. The predicted molar refractivity (Wildman–Crippen MR) is 117 cm³/mol. The van der Waals surface area contributed by atoms with Gasteiger partial charge in [0.25, 0.3) is 5.91 Å². The number of carbonyl (C=O) groups is 2. The van der Waals surface area contributed by atoms with E-state index in [9.17, 15) is 18.0 Å². The Bertz CT molecular complexity index is 1090. The van der Waals surface area contributed by atoms with Gasteiger partial charge in [0, 0.05) is 19.8 Å². The van der Waals surface area contributed by atoms with Crippen molar-refractivity contribution < 1.29 is 37.0 Å². The van der Waals surface area contributed by atoms with Crippen molar-refractivity contribution in [1.29, 1.82) is 0 Å². The topological polar surface area (TPSA) is 120 Å². The maximum atomic E-state index is 12.4. The highest BCUT2D eigenvalue weighted by atomic mass is 32.2. The molecule has 0 aliphatic heterocycles. The van der Waals surface area contributed by atoms with Crippen LogP contribution in [0.2, 0.25) is 0 Å². The fourth-order valence-electron chi connectivity index (χ4n) is 2.76. The monoisotopic (exact) mass is 466 g/mol. The maximum Gasteiger partial charge on any atom is 0.338 e. The summed E-state index contributed by atoms with van der Waals surface area (Å²) in [5.74, 6) is -0.579. The lowest BCUT2D eigenvalue weighted by Crippen LogP contribution is -2.24. The van der Waals surface area contributed by atoms with E-state index in [1.54, 1.807) is 19.1 Å². The van der Waals surface area contributed by atoms with Crippen LogP contribution in [0.4, 0.5) is 5.69 Å². The number of hydrogen-bond acceptors (Lipinski definition) is 8. The average molecular weight is 467 g/mol. The van der Waals surface area contributed by atoms with Gasteiger partial charge < -0.3 is 24.3 Å². The second-order valence-electron chi connectivity index (χ2n) is 6.81. The number of nitrogens with zero attached hydrogens (tertiary/aromatic N) is 1. The third kappa shape index (κ3) is 5.48. The molecule has 11 heteroatoms. The zero-order chi connectivity index (χ0) is 24.1. The smallest absolute Gasteiger partial charge is 0.338 e. The van der Waals surface area contributed by atoms with Gasteiger partial charge in [-0.1, -0.05) is 6.07 Å². The van der Waals surface area contributed by atoms with E-state index in [1.807, 2.05) is 0 Å². The first-order valence-corrected chi connectivity index (χ1v) is 10.8. The molecule has 2 aromatic carbocycles. The van der Waals surface area contributed by atoms with E-state index >= 15 is 0 Å². The minimum Gasteiger partial charge on any atom is -0.493 e. The van der Waals surface area contributed by atoms with Crippen molar-refractivity contribution in [1.82, 2.24) is 4.31 Å². The molecule has 0 aliphatic carbocycles. The zero-order valence-corrected chi connectivity index (χ0v) is 19.5. The summed E-state index contributed by atoms with van der Waals surface area (Å²) in [5, 5.41) is 2.52. The van der Waals surface area contributed by atoms with E-state index in [0.717, 1.165) is 4.31 Å². The predicted octanol–water partition coefficient (Wildman–Crippen LogP) is 2.07. The van der Waals surface area contributed by atoms with E-state index < -0.39 is 28.5 Å². The molecule has 1 N–H and O–H groups in total. The number of rotatable bonds is 9. The second kappa shape index (κ2) is 10.3. The van der Waals surface area contributed by atoms with Crippen LogP contribution in [0.3, 0.4) is 0 Å². The normalized spacial score (nSPS) is 11.1. The molecule has 0 atom stereocenters. The van der Waals surface area contributed by atoms with Gasteiger partial charge in [-0.05, 0) is 36.8 Å². The zero-order valence-electron chi connectivity index (χ0n) is 18.7. The molecule has 0 aromatic heterocycles. The quantitative estimate of drug-likeness (QED) is 0.558. The van der Waals surface area contributed by atoms with Crippen LogP contribution in [0.15, 0.2) is 35.2 Å². The summed E-state index contributed by atoms with van der Waals surface area (Å²) in [7, 11) is 3.41. The van der Waals surface area contributed by atoms with Crippen molar-refractivity contribution in [2.24, 2.45) is 0 Å². The molecule has 0 fully saturated rings. The van der Waals surface area contributed by atoms with Gasteiger partial charge in [-0.2, -0.15) is 0 Å². The SMILES string of the molecule is COc1cc(C(=O)OCC(=O)Nc2ccc(C)c(S(=O)(=O)N(C)C)c2)cc(OC)c1OC. The third-order valence-electron chi connectivity index (χ3n) is 4.47. The van der Waals surface area contributed by atoms with Crippen LogP contribution in [0, 0.1) is 6.92 Å². The van der Waals surface area contributed by atoms with Crippen LogP contribution < -0.4 is 19.5 Å². The van der Waals surface area contributed by atoms with Crippen molar-refractivity contribution in [3.63, 3.8) is 0 Å². The fourth-order valence-corrected chi connectivity index (χ4v) is 3.91. The Balaban J connectivity index is 2.12. The molecule has 0 saturated heterocycles. The second-order valence-corrected chi connectivity index (χ2v) is 8.93. The summed E-state index contributed by atoms with van der Waals surface area (Å²) in [4.78, 5) is 24.7. The highest BCUT2D eigenvalue weighted by molar-refractivity contribution is 7.89. The Morgan fingerprint density at radius 2 is 1.56 bits per heavy atom. The lowest BCUT2D eigenvalue weighted by molar-refractivity contribution is -0.119. The van der Waals surface area contributed by atoms with Gasteiger partial charge in [-0.3, -0.25) is 4.79 Å². The van der Waals surface area contributed by atoms with Crippen molar-refractivity contribution in [3.05, 3.63) is 41.5 Å². The number of anilines is 1. The molecular formula is C21H26N2O8S. The molecule has 174 valence electrons. The number of methoxy groups -OCH3 is 3. The van der Waals surface area contributed by atoms with E-state index in [1.165, 1.54) is 53.6 Å². The van der Waals surface area contributed by atoms with Crippen LogP contribution >= 0.6 is 0 Å². The average Bonchev–Trinajstić information content (AvgIpc) is 2.77. The van der Waals surface area contributed by atoms with Gasteiger partial charge in [0.1, 0.15) is 0 Å². The molecule has 0 aliphatic rings. The number of carbonyl (C=O) groups excluding carboxylic acids is 2. The number of ether oxygens (including phenoxy) is 4. The lowest BCUT2D eigenvalue weighted by atomic mass is 10.2. The van der Waals surface area contributed by atoms with Crippen LogP contribution in [0.1, 0.15) is 15.9 Å². The Morgan fingerprint density at radius 3 is 2.06 bits per heavy atom. The summed E-state index contributed by atoms with van der Waals surface area (Å²) in [6.45, 7) is 1.07. The van der Waals surface area contributed by atoms with Crippen molar-refractivity contribution in [2.45, 2.75) is 11.8 Å². The van der Waals surface area contributed by atoms with Crippen molar-refractivity contribution >= 4 is 27.6 Å². The summed E-state index contributed by atoms with van der Waals surface area (Å²) < 4.78 is 46.6. The first-order chi connectivity index (χ1) is 15.0. The molecule has 10 nitrogen and oxygen atoms in total. The fraction of sp³-hybridized carbons (Fsp3) is 0.333. The largest absolute Gasteiger partial charge is 0.493 e. The molecule has 0 saturated carbocycles. The highest BCUT2D eigenvalue weighted by Gasteiger charge is 2.21. The van der Waals surface area contributed by atoms with Crippen LogP contribution in [-0.4, -0.2) is 66.6 Å². The number of esters is 1. The molecule has 0 bridgehead atoms. The molecule has 1 amide bonds. The Labute approximate surface area is 187 Å². The van der Waals surface area contributed by atoms with Gasteiger partial charge in [0.2, 0.25) is 15.8 Å². The highest BCUT2D eigenvalue weighted by Crippen LogP contribution is 2.38. The Hall–Kier alpha value is -3.31. The summed E-state index contributed by atoms with van der Waals surface area (Å²) >= 11 is 0. The summed E-state index contributed by atoms with van der Waals surface area (Å²) in [6, 6.07) is 7.29. The summed E-state index contributed by atoms with van der Waals surface area (Å²) in [5.41, 5.74) is 0.886. The van der Waals surface area contributed by atoms with Crippen molar-refractivity contribution in [2.75, 3.05) is 47.3 Å².